The van der Waals surface area contributed by atoms with Gasteiger partial charge in [0.2, 0.25) is 0 Å². The molecule has 0 heterocycles. The molecule has 0 bridgehead atoms. The van der Waals surface area contributed by atoms with Crippen LogP contribution in [0.4, 0.5) is 0 Å². The molecule has 3 atom stereocenters. The van der Waals surface area contributed by atoms with Gasteiger partial charge in [-0.05, 0) is 49.1 Å². The van der Waals surface area contributed by atoms with E-state index in [9.17, 15) is 8.42 Å². The van der Waals surface area contributed by atoms with Crippen LogP contribution in [0.15, 0.2) is 53.4 Å². The van der Waals surface area contributed by atoms with E-state index in [4.69, 9.17) is 5.73 Å². The molecule has 0 spiro atoms. The van der Waals surface area contributed by atoms with Gasteiger partial charge in [0.25, 0.3) is 0 Å². The van der Waals surface area contributed by atoms with E-state index in [1.807, 2.05) is 19.1 Å². The molecule has 0 saturated heterocycles. The van der Waals surface area contributed by atoms with Crippen molar-refractivity contribution < 1.29 is 8.42 Å². The van der Waals surface area contributed by atoms with Crippen LogP contribution in [0.3, 0.4) is 0 Å². The highest BCUT2D eigenvalue weighted by Crippen LogP contribution is 2.53. The van der Waals surface area contributed by atoms with Crippen LogP contribution in [0.25, 0.3) is 0 Å². The summed E-state index contributed by atoms with van der Waals surface area (Å²) < 4.78 is 25.9. The van der Waals surface area contributed by atoms with Crippen molar-refractivity contribution in [1.82, 2.24) is 0 Å². The van der Waals surface area contributed by atoms with E-state index in [-0.39, 0.29) is 11.8 Å². The average Bonchev–Trinajstić information content (AvgIpc) is 3.31. The molecule has 1 saturated carbocycles. The Balaban J connectivity index is 1.90. The van der Waals surface area contributed by atoms with Gasteiger partial charge in [-0.3, -0.25) is 0 Å². The van der Waals surface area contributed by atoms with Crippen molar-refractivity contribution in [2.45, 2.75) is 36.3 Å². The van der Waals surface area contributed by atoms with Crippen molar-refractivity contribution in [3.8, 4) is 0 Å². The summed E-state index contributed by atoms with van der Waals surface area (Å²) in [6.07, 6.45) is 0.982. The molecule has 3 rings (SSSR count). The zero-order valence-corrected chi connectivity index (χ0v) is 14.4. The van der Waals surface area contributed by atoms with E-state index in [1.165, 1.54) is 5.56 Å². The van der Waals surface area contributed by atoms with Gasteiger partial charge in [-0.1, -0.05) is 48.9 Å². The third kappa shape index (κ3) is 2.93. The van der Waals surface area contributed by atoms with Crippen molar-refractivity contribution in [3.05, 3.63) is 65.2 Å². The normalized spacial score (nSPS) is 23.7. The maximum Gasteiger partial charge on any atom is 0.182 e. The van der Waals surface area contributed by atoms with Gasteiger partial charge >= 0.3 is 0 Å². The van der Waals surface area contributed by atoms with E-state index < -0.39 is 15.1 Å². The van der Waals surface area contributed by atoms with E-state index in [1.54, 1.807) is 12.1 Å². The summed E-state index contributed by atoms with van der Waals surface area (Å²) in [6.45, 7) is 4.46. The molecule has 0 unspecified atom stereocenters. The van der Waals surface area contributed by atoms with Crippen molar-refractivity contribution >= 4 is 9.84 Å². The molecule has 0 radical (unpaired) electrons. The van der Waals surface area contributed by atoms with Gasteiger partial charge in [0.15, 0.2) is 9.84 Å². The Morgan fingerprint density at radius 3 is 2.13 bits per heavy atom. The second kappa shape index (κ2) is 6.10. The molecule has 1 aliphatic rings. The fourth-order valence-corrected chi connectivity index (χ4v) is 5.57. The number of sulfone groups is 1. The Bertz CT molecular complexity index is 779. The molecule has 2 aromatic carbocycles. The highest BCUT2D eigenvalue weighted by molar-refractivity contribution is 7.92. The van der Waals surface area contributed by atoms with Crippen LogP contribution in [-0.4, -0.2) is 20.2 Å². The lowest BCUT2D eigenvalue weighted by molar-refractivity contribution is 0.591. The minimum atomic E-state index is -3.34. The van der Waals surface area contributed by atoms with Crippen LogP contribution < -0.4 is 5.73 Å². The molecule has 0 amide bonds. The fourth-order valence-electron chi connectivity index (χ4n) is 3.34. The summed E-state index contributed by atoms with van der Waals surface area (Å²) in [6, 6.07) is 15.4. The number of nitrogens with two attached hydrogens (primary N) is 1. The Morgan fingerprint density at radius 2 is 1.61 bits per heavy atom. The molecule has 1 fully saturated rings. The molecule has 0 aromatic heterocycles. The molecule has 23 heavy (non-hydrogen) atoms. The summed E-state index contributed by atoms with van der Waals surface area (Å²) in [5.74, 6) is 0.0194. The summed E-state index contributed by atoms with van der Waals surface area (Å²) in [7, 11) is -3.34. The monoisotopic (exact) mass is 329 g/mol. The van der Waals surface area contributed by atoms with Crippen LogP contribution in [0.1, 0.15) is 29.5 Å². The third-order valence-corrected chi connectivity index (χ3v) is 7.14. The lowest BCUT2D eigenvalue weighted by Crippen LogP contribution is -2.13. The number of rotatable bonds is 5. The Kier molecular flexibility index (Phi) is 4.30. The predicted molar refractivity (Wildman–Crippen MR) is 93.3 cm³/mol. The van der Waals surface area contributed by atoms with Crippen LogP contribution in [-0.2, 0) is 16.3 Å². The zero-order chi connectivity index (χ0) is 16.6. The Morgan fingerprint density at radius 1 is 1.00 bits per heavy atom. The predicted octanol–water partition coefficient (Wildman–Crippen LogP) is 3.07. The van der Waals surface area contributed by atoms with Crippen LogP contribution in [0.5, 0.6) is 0 Å². The molecule has 3 nitrogen and oxygen atoms in total. The number of hydrogen-bond donors (Lipinski definition) is 1. The van der Waals surface area contributed by atoms with E-state index in [2.05, 4.69) is 31.2 Å². The van der Waals surface area contributed by atoms with Crippen LogP contribution >= 0.6 is 0 Å². The molecule has 1 aliphatic carbocycles. The first-order valence-electron chi connectivity index (χ1n) is 8.08. The van der Waals surface area contributed by atoms with Crippen molar-refractivity contribution in [3.63, 3.8) is 0 Å². The molecule has 0 aliphatic heterocycles. The zero-order valence-electron chi connectivity index (χ0n) is 13.6. The average molecular weight is 329 g/mol. The summed E-state index contributed by atoms with van der Waals surface area (Å²) >= 11 is 0. The first-order valence-corrected chi connectivity index (χ1v) is 9.63. The highest BCUT2D eigenvalue weighted by Gasteiger charge is 2.57. The van der Waals surface area contributed by atoms with Gasteiger partial charge in [-0.25, -0.2) is 8.42 Å². The van der Waals surface area contributed by atoms with Crippen molar-refractivity contribution in [2.75, 3.05) is 6.54 Å². The third-order valence-electron chi connectivity index (χ3n) is 4.85. The minimum Gasteiger partial charge on any atom is -0.330 e. The molecular weight excluding hydrogens is 306 g/mol. The number of aryl methyl sites for hydroxylation is 2. The number of hydrogen-bond acceptors (Lipinski definition) is 3. The topological polar surface area (TPSA) is 60.2 Å². The molecule has 4 heteroatoms. The van der Waals surface area contributed by atoms with Crippen molar-refractivity contribution in [1.29, 1.82) is 0 Å². The molecule has 122 valence electrons. The first-order chi connectivity index (χ1) is 11.0. The standard InChI is InChI=1S/C19H23NO2S/c1-3-14-6-8-15(9-7-14)18-17(12-20)19(18)23(21,22)16-10-4-13(2)5-11-16/h4-11,17-19H,3,12,20H2,1-2H3/t17-,18-,19+/m1/s1. The molecular formula is C19H23NO2S. The maximum atomic E-state index is 12.9. The van der Waals surface area contributed by atoms with Crippen LogP contribution in [0.2, 0.25) is 0 Å². The van der Waals surface area contributed by atoms with Gasteiger partial charge in [0, 0.05) is 5.92 Å². The van der Waals surface area contributed by atoms with E-state index >= 15 is 0 Å². The largest absolute Gasteiger partial charge is 0.330 e. The Hall–Kier alpha value is -1.65. The van der Waals surface area contributed by atoms with Crippen LogP contribution in [0, 0.1) is 12.8 Å². The minimum absolute atomic E-state index is 0.00813. The van der Waals surface area contributed by atoms with Crippen molar-refractivity contribution in [2.24, 2.45) is 11.7 Å². The second-order valence-electron chi connectivity index (χ2n) is 6.34. The first kappa shape index (κ1) is 16.2. The van der Waals surface area contributed by atoms with Gasteiger partial charge in [0.1, 0.15) is 0 Å². The maximum absolute atomic E-state index is 12.9. The second-order valence-corrected chi connectivity index (χ2v) is 8.45. The lowest BCUT2D eigenvalue weighted by atomic mass is 10.1. The lowest BCUT2D eigenvalue weighted by Gasteiger charge is -2.05. The fraction of sp³-hybridized carbons (Fsp3) is 0.368. The van der Waals surface area contributed by atoms with Gasteiger partial charge in [-0.15, -0.1) is 0 Å². The van der Waals surface area contributed by atoms with E-state index in [0.29, 0.717) is 11.4 Å². The SMILES string of the molecule is CCc1ccc([C@@H]2[C@@H](CN)[C@@H]2S(=O)(=O)c2ccc(C)cc2)cc1. The summed E-state index contributed by atoms with van der Waals surface area (Å²) in [4.78, 5) is 0.402. The molecule has 2 N–H and O–H groups in total. The van der Waals surface area contributed by atoms with Gasteiger partial charge < -0.3 is 5.73 Å². The quantitative estimate of drug-likeness (QED) is 0.917. The smallest absolute Gasteiger partial charge is 0.182 e. The molecule has 2 aromatic rings. The Labute approximate surface area is 138 Å². The summed E-state index contributed by atoms with van der Waals surface area (Å²) in [5, 5.41) is -0.400. The summed E-state index contributed by atoms with van der Waals surface area (Å²) in [5.41, 5.74) is 9.24. The highest BCUT2D eigenvalue weighted by atomic mass is 32.2. The van der Waals surface area contributed by atoms with Gasteiger partial charge in [-0.2, -0.15) is 0 Å². The van der Waals surface area contributed by atoms with E-state index in [0.717, 1.165) is 17.5 Å². The van der Waals surface area contributed by atoms with Gasteiger partial charge in [0.05, 0.1) is 10.1 Å². The number of benzene rings is 2.